The maximum atomic E-state index is 5.04. The maximum Gasteiger partial charge on any atom is 0.0536 e. The molecule has 0 spiro atoms. The van der Waals surface area contributed by atoms with Crippen LogP contribution in [0.2, 0.25) is 0 Å². The first-order valence-electron chi connectivity index (χ1n) is 0.717. The fourth-order valence-electron chi connectivity index (χ4n) is 0. The third-order valence-electron chi connectivity index (χ3n) is 0.0630. The fraction of sp³-hybridized carbons (Fsp3) is 0. The predicted molar refractivity (Wildman–Crippen MR) is 31.9 cm³/mol. The molecule has 0 bridgehead atoms. The van der Waals surface area contributed by atoms with Gasteiger partial charge in [0.1, 0.15) is 0 Å². The Hall–Kier alpha value is 0.930. The first kappa shape index (κ1) is 5.93. The molecule has 4 heteroatoms. The Morgan fingerprint density at radius 3 is 1.80 bits per heavy atom. The average molecular weight is 147 g/mol. The molecular weight excluding hydrogens is 147 g/mol. The van der Waals surface area contributed by atoms with Gasteiger partial charge in [0.05, 0.1) is 8.91 Å². The summed E-state index contributed by atoms with van der Waals surface area (Å²) in [7, 11) is 9.27. The van der Waals surface area contributed by atoms with Crippen molar-refractivity contribution in [3.05, 3.63) is 0 Å². The van der Waals surface area contributed by atoms with Crippen molar-refractivity contribution < 1.29 is 0 Å². The highest BCUT2D eigenvalue weighted by Crippen LogP contribution is 2.20. The van der Waals surface area contributed by atoms with Crippen LogP contribution >= 0.6 is 42.5 Å². The van der Waals surface area contributed by atoms with Crippen molar-refractivity contribution in [2.75, 3.05) is 0 Å². The molecule has 0 aromatic heterocycles. The van der Waals surface area contributed by atoms with Gasteiger partial charge >= 0.3 is 0 Å². The van der Waals surface area contributed by atoms with E-state index in [0.29, 0.717) is 0 Å². The minimum Gasteiger partial charge on any atom is -0.0253 e. The maximum absolute atomic E-state index is 5.04. The van der Waals surface area contributed by atoms with Gasteiger partial charge in [-0.25, -0.2) is 0 Å². The van der Waals surface area contributed by atoms with Crippen molar-refractivity contribution in [1.29, 1.82) is 0 Å². The minimum atomic E-state index is -0.813. The molecule has 30 valence electrons. The lowest BCUT2D eigenvalue weighted by molar-refractivity contribution is 4.52. The molecule has 0 amide bonds. The number of hydrogen-bond acceptors (Lipinski definition) is 1. The molecule has 5 heavy (non-hydrogen) atoms. The first-order valence-corrected chi connectivity index (χ1v) is 4.00. The van der Waals surface area contributed by atoms with E-state index in [0.717, 1.165) is 0 Å². The molecule has 0 aliphatic carbocycles. The van der Waals surface area contributed by atoms with Gasteiger partial charge in [-0.05, 0) is 33.6 Å². The van der Waals surface area contributed by atoms with Gasteiger partial charge < -0.3 is 0 Å². The molecule has 0 aromatic carbocycles. The second kappa shape index (κ2) is 3.13. The molecule has 0 atom stereocenters. The Labute approximate surface area is 47.0 Å². The third-order valence-corrected chi connectivity index (χ3v) is 1.70. The van der Waals surface area contributed by atoms with Crippen LogP contribution in [-0.4, -0.2) is 4.31 Å². The zero-order chi connectivity index (χ0) is 4.28. The summed E-state index contributed by atoms with van der Waals surface area (Å²) >= 11 is 4.17. The van der Waals surface area contributed by atoms with E-state index in [9.17, 15) is 0 Å². The normalized spacial score (nSPS) is 7.80. The summed E-state index contributed by atoms with van der Waals surface area (Å²) in [6.07, 6.45) is 0. The number of thiocarbonyl (C=S) groups is 1. The Kier molecular flexibility index (Phi) is 3.72. The van der Waals surface area contributed by atoms with Crippen LogP contribution < -0.4 is 0 Å². The van der Waals surface area contributed by atoms with Gasteiger partial charge in [-0.1, -0.05) is 0 Å². The quantitative estimate of drug-likeness (QED) is 0.474. The van der Waals surface area contributed by atoms with Crippen molar-refractivity contribution in [3.8, 4) is 0 Å². The largest absolute Gasteiger partial charge is 0.0536 e. The van der Waals surface area contributed by atoms with Crippen molar-refractivity contribution >= 4 is 46.8 Å². The molecule has 0 nitrogen and oxygen atoms in total. The van der Waals surface area contributed by atoms with Crippen LogP contribution in [0.5, 0.6) is 0 Å². The van der Waals surface area contributed by atoms with Crippen LogP contribution in [0.25, 0.3) is 0 Å². The standard InChI is InChI=1S/CCl2S2/c2-5(3)1-4. The third kappa shape index (κ3) is 4.93. The summed E-state index contributed by atoms with van der Waals surface area (Å²) in [5, 5.41) is 0. The van der Waals surface area contributed by atoms with Crippen molar-refractivity contribution in [2.45, 2.75) is 0 Å². The monoisotopic (exact) mass is 146 g/mol. The zero-order valence-electron chi connectivity index (χ0n) is 2.07. The minimum absolute atomic E-state index is 0.813. The number of halogens is 2. The lowest BCUT2D eigenvalue weighted by Crippen LogP contribution is -1.19. The Balaban J connectivity index is 3.60. The van der Waals surface area contributed by atoms with Gasteiger partial charge in [0.15, 0.2) is 0 Å². The Morgan fingerprint density at radius 2 is 1.80 bits per heavy atom. The predicted octanol–water partition coefficient (Wildman–Crippen LogP) is 2.40. The SMILES string of the molecule is S=C=S(Cl)Cl. The smallest absolute Gasteiger partial charge is 0.0253 e. The average Bonchev–Trinajstić information content (AvgIpc) is 1.38. The van der Waals surface area contributed by atoms with Crippen LogP contribution in [0, 0.1) is 0 Å². The number of rotatable bonds is 0. The summed E-state index contributed by atoms with van der Waals surface area (Å²) in [4.78, 5) is 0. The zero-order valence-corrected chi connectivity index (χ0v) is 5.22. The van der Waals surface area contributed by atoms with Gasteiger partial charge in [0, 0.05) is 4.31 Å². The van der Waals surface area contributed by atoms with Crippen LogP contribution in [-0.2, 0) is 0 Å². The van der Waals surface area contributed by atoms with Crippen molar-refractivity contribution in [1.82, 2.24) is 0 Å². The van der Waals surface area contributed by atoms with Gasteiger partial charge in [0.2, 0.25) is 0 Å². The molecule has 0 rings (SSSR count). The highest BCUT2D eigenvalue weighted by Gasteiger charge is 1.64. The highest BCUT2D eigenvalue weighted by molar-refractivity contribution is 8.51. The van der Waals surface area contributed by atoms with E-state index in [1.165, 1.54) is 0 Å². The second-order valence-corrected chi connectivity index (χ2v) is 3.71. The molecule has 0 aliphatic heterocycles. The van der Waals surface area contributed by atoms with E-state index in [1.54, 1.807) is 0 Å². The van der Waals surface area contributed by atoms with Gasteiger partial charge in [-0.3, -0.25) is 0 Å². The molecule has 0 saturated heterocycles. The second-order valence-electron chi connectivity index (χ2n) is 0.296. The van der Waals surface area contributed by atoms with Crippen molar-refractivity contribution in [2.24, 2.45) is 0 Å². The van der Waals surface area contributed by atoms with E-state index in [1.807, 2.05) is 0 Å². The Bertz CT molecular complexity index is 67.7. The van der Waals surface area contributed by atoms with E-state index >= 15 is 0 Å². The molecule has 0 N–H and O–H groups in total. The highest BCUT2D eigenvalue weighted by atomic mass is 36.0. The van der Waals surface area contributed by atoms with Crippen LogP contribution in [0.15, 0.2) is 0 Å². The summed E-state index contributed by atoms with van der Waals surface area (Å²) in [5.74, 6) is 0. The lowest BCUT2D eigenvalue weighted by Gasteiger charge is -1.60. The van der Waals surface area contributed by atoms with E-state index < -0.39 is 8.91 Å². The van der Waals surface area contributed by atoms with E-state index in [2.05, 4.69) is 16.5 Å². The van der Waals surface area contributed by atoms with Crippen LogP contribution in [0.1, 0.15) is 0 Å². The van der Waals surface area contributed by atoms with Gasteiger partial charge in [-0.15, -0.1) is 0 Å². The first-order chi connectivity index (χ1) is 2.27. The summed E-state index contributed by atoms with van der Waals surface area (Å²) < 4.78 is 2.17. The van der Waals surface area contributed by atoms with Crippen LogP contribution in [0.3, 0.4) is 0 Å². The lowest BCUT2D eigenvalue weighted by atomic mass is 12.0. The Morgan fingerprint density at radius 1 is 1.60 bits per heavy atom. The fourth-order valence-corrected chi connectivity index (χ4v) is 0. The number of hydrogen-bond donors (Lipinski definition) is 0. The van der Waals surface area contributed by atoms with E-state index in [-0.39, 0.29) is 0 Å². The van der Waals surface area contributed by atoms with Crippen molar-refractivity contribution in [3.63, 3.8) is 0 Å². The molecule has 0 saturated carbocycles. The molecular formula is CCl2S2. The summed E-state index contributed by atoms with van der Waals surface area (Å²) in [6, 6.07) is 0. The van der Waals surface area contributed by atoms with E-state index in [4.69, 9.17) is 21.4 Å². The molecule has 0 fully saturated rings. The summed E-state index contributed by atoms with van der Waals surface area (Å²) in [5.41, 5.74) is 0. The summed E-state index contributed by atoms with van der Waals surface area (Å²) in [6.45, 7) is 0. The molecule has 0 aromatic rings. The van der Waals surface area contributed by atoms with Crippen LogP contribution in [0.4, 0.5) is 0 Å². The molecule has 0 aliphatic rings. The van der Waals surface area contributed by atoms with Gasteiger partial charge in [-0.2, -0.15) is 0 Å². The van der Waals surface area contributed by atoms with Gasteiger partial charge in [0.25, 0.3) is 0 Å². The molecule has 0 heterocycles. The molecule has 0 radical (unpaired) electrons. The topological polar surface area (TPSA) is 0 Å². The molecule has 0 unspecified atom stereocenters.